The van der Waals surface area contributed by atoms with Gasteiger partial charge in [0.05, 0.1) is 11.8 Å². The van der Waals surface area contributed by atoms with Crippen molar-refractivity contribution in [3.63, 3.8) is 0 Å². The highest BCUT2D eigenvalue weighted by atomic mass is 16.5. The van der Waals surface area contributed by atoms with Crippen LogP contribution < -0.4 is 5.32 Å². The van der Waals surface area contributed by atoms with Gasteiger partial charge in [-0.05, 0) is 44.7 Å². The molecule has 1 saturated heterocycles. The second-order valence-electron chi connectivity index (χ2n) is 5.56. The SMILES string of the molecule is CCCNC(Cc1ccn(C)n1)CC1CCCCO1. The van der Waals surface area contributed by atoms with E-state index in [9.17, 15) is 0 Å². The summed E-state index contributed by atoms with van der Waals surface area (Å²) in [6.45, 7) is 4.22. The molecule has 2 atom stereocenters. The second kappa shape index (κ2) is 7.65. The van der Waals surface area contributed by atoms with Gasteiger partial charge in [-0.25, -0.2) is 0 Å². The summed E-state index contributed by atoms with van der Waals surface area (Å²) in [6, 6.07) is 2.60. The summed E-state index contributed by atoms with van der Waals surface area (Å²) in [5.41, 5.74) is 1.17. The van der Waals surface area contributed by atoms with Gasteiger partial charge in [-0.3, -0.25) is 4.68 Å². The summed E-state index contributed by atoms with van der Waals surface area (Å²) in [5.74, 6) is 0. The second-order valence-corrected chi connectivity index (χ2v) is 5.56. The van der Waals surface area contributed by atoms with Crippen LogP contribution in [0.15, 0.2) is 12.3 Å². The van der Waals surface area contributed by atoms with E-state index in [2.05, 4.69) is 23.4 Å². The third-order valence-electron chi connectivity index (χ3n) is 3.73. The van der Waals surface area contributed by atoms with Crippen LogP contribution in [0.25, 0.3) is 0 Å². The number of nitrogens with zero attached hydrogens (tertiary/aromatic N) is 2. The van der Waals surface area contributed by atoms with Crippen LogP contribution in [0, 0.1) is 0 Å². The van der Waals surface area contributed by atoms with Crippen LogP contribution in [0.2, 0.25) is 0 Å². The smallest absolute Gasteiger partial charge is 0.0640 e. The lowest BCUT2D eigenvalue weighted by atomic mass is 9.99. The molecule has 1 aliphatic heterocycles. The summed E-state index contributed by atoms with van der Waals surface area (Å²) < 4.78 is 7.74. The first-order valence-electron chi connectivity index (χ1n) is 7.61. The van der Waals surface area contributed by atoms with Crippen molar-refractivity contribution in [1.29, 1.82) is 0 Å². The molecule has 108 valence electrons. The van der Waals surface area contributed by atoms with E-state index in [1.165, 1.54) is 31.4 Å². The molecule has 2 rings (SSSR count). The molecule has 1 aromatic rings. The Morgan fingerprint density at radius 1 is 1.53 bits per heavy atom. The maximum Gasteiger partial charge on any atom is 0.0640 e. The van der Waals surface area contributed by atoms with Crippen molar-refractivity contribution >= 4 is 0 Å². The van der Waals surface area contributed by atoms with E-state index in [1.807, 2.05) is 17.9 Å². The van der Waals surface area contributed by atoms with Gasteiger partial charge in [-0.1, -0.05) is 6.92 Å². The highest BCUT2D eigenvalue weighted by molar-refractivity contribution is 5.01. The molecule has 2 heterocycles. The predicted octanol–water partition coefficient (Wildman–Crippen LogP) is 2.29. The number of aromatic nitrogens is 2. The molecular weight excluding hydrogens is 238 g/mol. The Morgan fingerprint density at radius 3 is 3.05 bits per heavy atom. The van der Waals surface area contributed by atoms with Crippen LogP contribution in [-0.2, 0) is 18.2 Å². The van der Waals surface area contributed by atoms with E-state index in [0.29, 0.717) is 12.1 Å². The first kappa shape index (κ1) is 14.5. The van der Waals surface area contributed by atoms with Gasteiger partial charge in [0.1, 0.15) is 0 Å². The van der Waals surface area contributed by atoms with Gasteiger partial charge in [-0.2, -0.15) is 5.10 Å². The van der Waals surface area contributed by atoms with Gasteiger partial charge in [0, 0.05) is 32.3 Å². The van der Waals surface area contributed by atoms with Crippen molar-refractivity contribution in [2.45, 2.75) is 57.6 Å². The number of ether oxygens (including phenoxy) is 1. The van der Waals surface area contributed by atoms with Crippen LogP contribution in [0.5, 0.6) is 0 Å². The molecule has 0 aromatic carbocycles. The zero-order valence-electron chi connectivity index (χ0n) is 12.3. The molecule has 1 aliphatic rings. The molecule has 19 heavy (non-hydrogen) atoms. The van der Waals surface area contributed by atoms with Crippen molar-refractivity contribution in [2.24, 2.45) is 7.05 Å². The topological polar surface area (TPSA) is 39.1 Å². The number of rotatable bonds is 7. The normalized spacial score (nSPS) is 21.5. The Hall–Kier alpha value is -0.870. The zero-order valence-corrected chi connectivity index (χ0v) is 12.3. The lowest BCUT2D eigenvalue weighted by Crippen LogP contribution is -2.37. The monoisotopic (exact) mass is 265 g/mol. The van der Waals surface area contributed by atoms with Crippen molar-refractivity contribution in [2.75, 3.05) is 13.2 Å². The summed E-state index contributed by atoms with van der Waals surface area (Å²) in [6.07, 6.45) is 9.49. The van der Waals surface area contributed by atoms with E-state index >= 15 is 0 Å². The van der Waals surface area contributed by atoms with Crippen molar-refractivity contribution in [3.05, 3.63) is 18.0 Å². The van der Waals surface area contributed by atoms with Crippen LogP contribution in [-0.4, -0.2) is 35.1 Å². The van der Waals surface area contributed by atoms with Gasteiger partial charge in [0.2, 0.25) is 0 Å². The fraction of sp³-hybridized carbons (Fsp3) is 0.800. The van der Waals surface area contributed by atoms with Gasteiger partial charge in [0.15, 0.2) is 0 Å². The van der Waals surface area contributed by atoms with Crippen molar-refractivity contribution < 1.29 is 4.74 Å². The molecule has 0 radical (unpaired) electrons. The highest BCUT2D eigenvalue weighted by Gasteiger charge is 2.20. The van der Waals surface area contributed by atoms with Crippen LogP contribution in [0.3, 0.4) is 0 Å². The van der Waals surface area contributed by atoms with E-state index in [4.69, 9.17) is 4.74 Å². The van der Waals surface area contributed by atoms with Crippen LogP contribution >= 0.6 is 0 Å². The minimum Gasteiger partial charge on any atom is -0.378 e. The molecule has 0 amide bonds. The minimum atomic E-state index is 0.437. The maximum absolute atomic E-state index is 5.87. The lowest BCUT2D eigenvalue weighted by Gasteiger charge is -2.27. The number of aryl methyl sites for hydroxylation is 1. The molecular formula is C15H27N3O. The molecule has 0 bridgehead atoms. The molecule has 1 fully saturated rings. The molecule has 2 unspecified atom stereocenters. The van der Waals surface area contributed by atoms with Crippen LogP contribution in [0.4, 0.5) is 0 Å². The predicted molar refractivity (Wildman–Crippen MR) is 77.2 cm³/mol. The average molecular weight is 265 g/mol. The zero-order chi connectivity index (χ0) is 13.5. The molecule has 1 N–H and O–H groups in total. The van der Waals surface area contributed by atoms with Gasteiger partial charge in [-0.15, -0.1) is 0 Å². The molecule has 1 aromatic heterocycles. The van der Waals surface area contributed by atoms with Gasteiger partial charge < -0.3 is 10.1 Å². The third kappa shape index (κ3) is 4.96. The Balaban J connectivity index is 1.86. The first-order valence-corrected chi connectivity index (χ1v) is 7.61. The van der Waals surface area contributed by atoms with Gasteiger partial charge in [0.25, 0.3) is 0 Å². The van der Waals surface area contributed by atoms with E-state index < -0.39 is 0 Å². The number of hydrogen-bond donors (Lipinski definition) is 1. The third-order valence-corrected chi connectivity index (χ3v) is 3.73. The average Bonchev–Trinajstić information content (AvgIpc) is 2.82. The van der Waals surface area contributed by atoms with E-state index in [-0.39, 0.29) is 0 Å². The molecule has 0 aliphatic carbocycles. The Morgan fingerprint density at radius 2 is 2.42 bits per heavy atom. The Kier molecular flexibility index (Phi) is 5.86. The lowest BCUT2D eigenvalue weighted by molar-refractivity contribution is 0.00521. The van der Waals surface area contributed by atoms with E-state index in [0.717, 1.165) is 26.0 Å². The van der Waals surface area contributed by atoms with Gasteiger partial charge >= 0.3 is 0 Å². The quantitative estimate of drug-likeness (QED) is 0.822. The maximum atomic E-state index is 5.87. The van der Waals surface area contributed by atoms with Crippen LogP contribution in [0.1, 0.15) is 44.7 Å². The fourth-order valence-electron chi connectivity index (χ4n) is 2.72. The summed E-state index contributed by atoms with van der Waals surface area (Å²) >= 11 is 0. The summed E-state index contributed by atoms with van der Waals surface area (Å²) in [5, 5.41) is 8.13. The van der Waals surface area contributed by atoms with E-state index in [1.54, 1.807) is 0 Å². The number of hydrogen-bond acceptors (Lipinski definition) is 3. The highest BCUT2D eigenvalue weighted by Crippen LogP contribution is 2.18. The van der Waals surface area contributed by atoms with Crippen molar-refractivity contribution in [3.8, 4) is 0 Å². The molecule has 4 heteroatoms. The minimum absolute atomic E-state index is 0.437. The number of nitrogens with one attached hydrogen (secondary N) is 1. The van der Waals surface area contributed by atoms with Crippen molar-refractivity contribution in [1.82, 2.24) is 15.1 Å². The Labute approximate surface area is 116 Å². The summed E-state index contributed by atoms with van der Waals surface area (Å²) in [4.78, 5) is 0. The molecule has 4 nitrogen and oxygen atoms in total. The fourth-order valence-corrected chi connectivity index (χ4v) is 2.72. The molecule has 0 spiro atoms. The standard InChI is InChI=1S/C15H27N3O/c1-3-8-16-14(11-13-7-9-18(2)17-13)12-15-6-4-5-10-19-15/h7,9,14-16H,3-6,8,10-12H2,1-2H3. The first-order chi connectivity index (χ1) is 9.28. The molecule has 0 saturated carbocycles. The Bertz CT molecular complexity index is 358. The largest absolute Gasteiger partial charge is 0.378 e. The summed E-state index contributed by atoms with van der Waals surface area (Å²) in [7, 11) is 1.97.